The molecular weight excluding hydrogens is 304 g/mol. The maximum absolute atomic E-state index is 6.16. The summed E-state index contributed by atoms with van der Waals surface area (Å²) in [6.07, 6.45) is 3.56. The first-order valence-corrected chi connectivity index (χ1v) is 9.59. The molecule has 3 nitrogen and oxygen atoms in total. The smallest absolute Gasteiger partial charge is 0.184 e. The van der Waals surface area contributed by atoms with E-state index in [1.807, 2.05) is 24.3 Å². The molecule has 1 aromatic carbocycles. The standard InChI is InChI=1S/C16H22O3S2/c1-17-13-5-3-12(4-6-13)16-18-8-7-14(19-16)11-15-20-9-2-10-21-15/h3-6,14-16H,2,7-11H2,1H3/t14-,16-/m0/s1. The fraction of sp³-hybridized carbons (Fsp3) is 0.625. The van der Waals surface area contributed by atoms with Gasteiger partial charge in [0.25, 0.3) is 0 Å². The van der Waals surface area contributed by atoms with Gasteiger partial charge in [0.05, 0.1) is 24.4 Å². The van der Waals surface area contributed by atoms with Gasteiger partial charge in [-0.1, -0.05) is 12.1 Å². The molecular formula is C16H22O3S2. The van der Waals surface area contributed by atoms with Crippen LogP contribution in [-0.2, 0) is 9.47 Å². The van der Waals surface area contributed by atoms with Gasteiger partial charge >= 0.3 is 0 Å². The summed E-state index contributed by atoms with van der Waals surface area (Å²) in [4.78, 5) is 0. The van der Waals surface area contributed by atoms with Crippen LogP contribution in [0.15, 0.2) is 24.3 Å². The van der Waals surface area contributed by atoms with Crippen molar-refractivity contribution in [1.82, 2.24) is 0 Å². The average molecular weight is 326 g/mol. The second-order valence-corrected chi connectivity index (χ2v) is 8.20. The molecule has 0 bridgehead atoms. The van der Waals surface area contributed by atoms with E-state index in [4.69, 9.17) is 14.2 Å². The van der Waals surface area contributed by atoms with Crippen molar-refractivity contribution >= 4 is 23.5 Å². The van der Waals surface area contributed by atoms with Gasteiger partial charge in [-0.15, -0.1) is 23.5 Å². The first kappa shape index (κ1) is 15.5. The van der Waals surface area contributed by atoms with E-state index < -0.39 is 0 Å². The maximum atomic E-state index is 6.16. The maximum Gasteiger partial charge on any atom is 0.184 e. The molecule has 21 heavy (non-hydrogen) atoms. The van der Waals surface area contributed by atoms with Crippen molar-refractivity contribution in [1.29, 1.82) is 0 Å². The molecule has 3 rings (SSSR count). The van der Waals surface area contributed by atoms with Crippen LogP contribution in [0.5, 0.6) is 5.75 Å². The van der Waals surface area contributed by atoms with E-state index in [0.717, 1.165) is 30.8 Å². The highest BCUT2D eigenvalue weighted by atomic mass is 32.2. The molecule has 0 aromatic heterocycles. The SMILES string of the molecule is COc1ccc([C@H]2OCC[C@@H](CC3SCCCS3)O2)cc1. The lowest BCUT2D eigenvalue weighted by Gasteiger charge is -2.33. The molecule has 2 atom stereocenters. The van der Waals surface area contributed by atoms with Crippen LogP contribution >= 0.6 is 23.5 Å². The Balaban J connectivity index is 1.56. The summed E-state index contributed by atoms with van der Waals surface area (Å²) in [6, 6.07) is 7.96. The number of rotatable bonds is 4. The van der Waals surface area contributed by atoms with Crippen LogP contribution in [0.3, 0.4) is 0 Å². The van der Waals surface area contributed by atoms with Gasteiger partial charge in [-0.25, -0.2) is 0 Å². The lowest BCUT2D eigenvalue weighted by Crippen LogP contribution is -2.29. The van der Waals surface area contributed by atoms with E-state index in [0.29, 0.717) is 10.7 Å². The number of hydrogen-bond acceptors (Lipinski definition) is 5. The fourth-order valence-corrected chi connectivity index (χ4v) is 5.58. The lowest BCUT2D eigenvalue weighted by atomic mass is 10.1. The molecule has 0 aliphatic carbocycles. The molecule has 0 amide bonds. The summed E-state index contributed by atoms with van der Waals surface area (Å²) < 4.78 is 17.8. The molecule has 5 heteroatoms. The first-order chi connectivity index (χ1) is 10.3. The van der Waals surface area contributed by atoms with E-state index >= 15 is 0 Å². The molecule has 0 saturated carbocycles. The lowest BCUT2D eigenvalue weighted by molar-refractivity contribution is -0.217. The van der Waals surface area contributed by atoms with Crippen LogP contribution in [-0.4, -0.2) is 35.9 Å². The number of ether oxygens (including phenoxy) is 3. The minimum Gasteiger partial charge on any atom is -0.497 e. The summed E-state index contributed by atoms with van der Waals surface area (Å²) in [5.74, 6) is 3.45. The first-order valence-electron chi connectivity index (χ1n) is 7.49. The summed E-state index contributed by atoms with van der Waals surface area (Å²) in [6.45, 7) is 0.781. The van der Waals surface area contributed by atoms with Crippen molar-refractivity contribution in [3.63, 3.8) is 0 Å². The molecule has 2 fully saturated rings. The molecule has 0 spiro atoms. The topological polar surface area (TPSA) is 27.7 Å². The second kappa shape index (κ2) is 7.77. The second-order valence-electron chi connectivity index (χ2n) is 5.28. The molecule has 0 unspecified atom stereocenters. The van der Waals surface area contributed by atoms with E-state index in [9.17, 15) is 0 Å². The third kappa shape index (κ3) is 4.31. The summed E-state index contributed by atoms with van der Waals surface area (Å²) in [5.41, 5.74) is 1.07. The monoisotopic (exact) mass is 326 g/mol. The molecule has 116 valence electrons. The van der Waals surface area contributed by atoms with Gasteiger partial charge in [-0.2, -0.15) is 0 Å². The minimum absolute atomic E-state index is 0.228. The van der Waals surface area contributed by atoms with Gasteiger partial charge in [0.15, 0.2) is 6.29 Å². The van der Waals surface area contributed by atoms with Crippen LogP contribution in [0.4, 0.5) is 0 Å². The van der Waals surface area contributed by atoms with Gasteiger partial charge < -0.3 is 14.2 Å². The normalized spacial score (nSPS) is 27.5. The molecule has 2 aliphatic heterocycles. The quantitative estimate of drug-likeness (QED) is 0.831. The van der Waals surface area contributed by atoms with E-state index in [-0.39, 0.29) is 6.29 Å². The van der Waals surface area contributed by atoms with Crippen molar-refractivity contribution in [3.05, 3.63) is 29.8 Å². The number of thioether (sulfide) groups is 2. The van der Waals surface area contributed by atoms with Gasteiger partial charge in [-0.05, 0) is 42.9 Å². The van der Waals surface area contributed by atoms with Crippen LogP contribution in [0.25, 0.3) is 0 Å². The summed E-state index contributed by atoms with van der Waals surface area (Å²) in [7, 11) is 1.68. The van der Waals surface area contributed by atoms with Crippen molar-refractivity contribution in [2.45, 2.75) is 36.2 Å². The summed E-state index contributed by atoms with van der Waals surface area (Å²) >= 11 is 4.17. The Morgan fingerprint density at radius 2 is 1.95 bits per heavy atom. The van der Waals surface area contributed by atoms with Crippen LogP contribution in [0.2, 0.25) is 0 Å². The zero-order valence-corrected chi connectivity index (χ0v) is 14.0. The van der Waals surface area contributed by atoms with E-state index in [1.165, 1.54) is 17.9 Å². The van der Waals surface area contributed by atoms with Gasteiger partial charge in [0.2, 0.25) is 0 Å². The third-order valence-corrected chi connectivity index (χ3v) is 6.76. The van der Waals surface area contributed by atoms with Crippen molar-refractivity contribution in [3.8, 4) is 5.75 Å². The number of benzene rings is 1. The van der Waals surface area contributed by atoms with Gasteiger partial charge in [-0.3, -0.25) is 0 Å². The Morgan fingerprint density at radius 1 is 1.19 bits per heavy atom. The zero-order chi connectivity index (χ0) is 14.5. The van der Waals surface area contributed by atoms with Crippen molar-refractivity contribution < 1.29 is 14.2 Å². The van der Waals surface area contributed by atoms with Crippen LogP contribution in [0, 0.1) is 0 Å². The van der Waals surface area contributed by atoms with Crippen LogP contribution in [0.1, 0.15) is 31.1 Å². The molecule has 0 N–H and O–H groups in total. The highest BCUT2D eigenvalue weighted by molar-refractivity contribution is 8.17. The van der Waals surface area contributed by atoms with E-state index in [2.05, 4.69) is 23.5 Å². The highest BCUT2D eigenvalue weighted by Crippen LogP contribution is 2.37. The van der Waals surface area contributed by atoms with Gasteiger partial charge in [0.1, 0.15) is 5.75 Å². The Labute approximate surface area is 135 Å². The Kier molecular flexibility index (Phi) is 5.75. The third-order valence-electron chi connectivity index (χ3n) is 3.76. The zero-order valence-electron chi connectivity index (χ0n) is 12.3. The molecule has 2 aliphatic rings. The van der Waals surface area contributed by atoms with Crippen LogP contribution < -0.4 is 4.74 Å². The molecule has 0 radical (unpaired) electrons. The Hall–Kier alpha value is -0.360. The molecule has 2 heterocycles. The minimum atomic E-state index is -0.228. The number of methoxy groups -OCH3 is 1. The highest BCUT2D eigenvalue weighted by Gasteiger charge is 2.27. The van der Waals surface area contributed by atoms with Crippen molar-refractivity contribution in [2.75, 3.05) is 25.2 Å². The predicted octanol–water partition coefficient (Wildman–Crippen LogP) is 4.09. The largest absolute Gasteiger partial charge is 0.497 e. The van der Waals surface area contributed by atoms with Gasteiger partial charge in [0, 0.05) is 5.56 Å². The van der Waals surface area contributed by atoms with Crippen molar-refractivity contribution in [2.24, 2.45) is 0 Å². The number of hydrogen-bond donors (Lipinski definition) is 0. The predicted molar refractivity (Wildman–Crippen MR) is 89.1 cm³/mol. The Bertz CT molecular complexity index is 432. The fourth-order valence-electron chi connectivity index (χ4n) is 2.59. The Morgan fingerprint density at radius 3 is 2.67 bits per heavy atom. The molecule has 1 aromatic rings. The van der Waals surface area contributed by atoms with E-state index in [1.54, 1.807) is 7.11 Å². The molecule has 2 saturated heterocycles. The average Bonchev–Trinajstić information content (AvgIpc) is 2.56. The summed E-state index contributed by atoms with van der Waals surface area (Å²) in [5, 5.41) is 0.